The summed E-state index contributed by atoms with van der Waals surface area (Å²) >= 11 is 0. The highest BCUT2D eigenvalue weighted by atomic mass is 16.2. The maximum atomic E-state index is 12.2. The van der Waals surface area contributed by atoms with Crippen molar-refractivity contribution < 1.29 is 4.79 Å². The molecule has 0 aromatic heterocycles. The number of carbonyl (C=O) groups is 1. The molecule has 1 saturated carbocycles. The number of hydrogen-bond acceptors (Lipinski definition) is 1. The van der Waals surface area contributed by atoms with Crippen LogP contribution in [0.15, 0.2) is 36.4 Å². The van der Waals surface area contributed by atoms with Crippen LogP contribution in [0.2, 0.25) is 0 Å². The van der Waals surface area contributed by atoms with Crippen LogP contribution in [0, 0.1) is 0 Å². The van der Waals surface area contributed by atoms with E-state index in [1.54, 1.807) is 0 Å². The van der Waals surface area contributed by atoms with Gasteiger partial charge in [0.15, 0.2) is 0 Å². The molecule has 1 aromatic rings. The van der Waals surface area contributed by atoms with E-state index >= 15 is 0 Å². The fourth-order valence-electron chi connectivity index (χ4n) is 2.90. The van der Waals surface area contributed by atoms with Gasteiger partial charge in [-0.3, -0.25) is 4.79 Å². The largest absolute Gasteiger partial charge is 0.325 e. The molecule has 1 heterocycles. The van der Waals surface area contributed by atoms with E-state index < -0.39 is 0 Å². The van der Waals surface area contributed by atoms with Crippen LogP contribution < -0.4 is 5.32 Å². The van der Waals surface area contributed by atoms with Crippen molar-refractivity contribution in [1.29, 1.82) is 0 Å². The van der Waals surface area contributed by atoms with Gasteiger partial charge in [-0.05, 0) is 37.3 Å². The molecule has 0 saturated heterocycles. The van der Waals surface area contributed by atoms with Crippen LogP contribution in [-0.2, 0) is 10.2 Å². The molecule has 2 aliphatic rings. The first-order valence-electron chi connectivity index (χ1n) is 5.80. The molecule has 1 aliphatic carbocycles. The molecule has 0 bridgehead atoms. The van der Waals surface area contributed by atoms with Gasteiger partial charge >= 0.3 is 0 Å². The van der Waals surface area contributed by atoms with Crippen molar-refractivity contribution in [2.24, 2.45) is 0 Å². The average molecular weight is 213 g/mol. The van der Waals surface area contributed by atoms with Gasteiger partial charge in [0.25, 0.3) is 0 Å². The van der Waals surface area contributed by atoms with E-state index in [-0.39, 0.29) is 11.3 Å². The highest BCUT2D eigenvalue weighted by Crippen LogP contribution is 2.47. The lowest BCUT2D eigenvalue weighted by atomic mass is 9.69. The van der Waals surface area contributed by atoms with Gasteiger partial charge in [-0.25, -0.2) is 0 Å². The average Bonchev–Trinajstić information content (AvgIpc) is 2.57. The lowest BCUT2D eigenvalue weighted by Crippen LogP contribution is -2.36. The van der Waals surface area contributed by atoms with Crippen molar-refractivity contribution in [2.75, 3.05) is 5.32 Å². The first-order chi connectivity index (χ1) is 7.72. The van der Waals surface area contributed by atoms with Gasteiger partial charge in [0.05, 0.1) is 5.41 Å². The second kappa shape index (κ2) is 3.21. The van der Waals surface area contributed by atoms with E-state index in [1.807, 2.05) is 18.2 Å². The smallest absolute Gasteiger partial charge is 0.235 e. The Morgan fingerprint density at radius 3 is 2.62 bits per heavy atom. The van der Waals surface area contributed by atoms with E-state index in [0.29, 0.717) is 0 Å². The number of nitrogens with one attached hydrogen (secondary N) is 1. The molecule has 0 radical (unpaired) electrons. The van der Waals surface area contributed by atoms with Crippen LogP contribution >= 0.6 is 0 Å². The number of carbonyl (C=O) groups excluding carboxylic acids is 1. The van der Waals surface area contributed by atoms with Gasteiger partial charge in [0, 0.05) is 5.69 Å². The first-order valence-corrected chi connectivity index (χ1v) is 5.80. The minimum absolute atomic E-state index is 0.182. The normalized spacial score (nSPS) is 22.0. The van der Waals surface area contributed by atoms with Crippen molar-refractivity contribution in [3.63, 3.8) is 0 Å². The third-order valence-corrected chi connectivity index (χ3v) is 3.94. The number of amides is 1. The van der Waals surface area contributed by atoms with Gasteiger partial charge < -0.3 is 5.32 Å². The molecule has 82 valence electrons. The van der Waals surface area contributed by atoms with E-state index in [2.05, 4.69) is 18.0 Å². The Kier molecular flexibility index (Phi) is 1.93. The quantitative estimate of drug-likeness (QED) is 0.659. The topological polar surface area (TPSA) is 29.1 Å². The fourth-order valence-corrected chi connectivity index (χ4v) is 2.90. The molecule has 1 aliphatic heterocycles. The molecule has 1 N–H and O–H groups in total. The number of allylic oxidation sites excluding steroid dienone is 1. The zero-order chi connectivity index (χ0) is 11.2. The summed E-state index contributed by atoms with van der Waals surface area (Å²) in [6.07, 6.45) is 3.77. The third kappa shape index (κ3) is 1.16. The molecule has 1 amide bonds. The summed E-state index contributed by atoms with van der Waals surface area (Å²) in [7, 11) is 0. The molecule has 16 heavy (non-hydrogen) atoms. The van der Waals surface area contributed by atoms with Gasteiger partial charge in [-0.1, -0.05) is 30.4 Å². The Bertz CT molecular complexity index is 465. The second-order valence-corrected chi connectivity index (χ2v) is 4.83. The molecule has 1 aromatic carbocycles. The lowest BCUT2D eigenvalue weighted by Gasteiger charge is -2.32. The lowest BCUT2D eigenvalue weighted by molar-refractivity contribution is -0.121. The summed E-state index contributed by atoms with van der Waals surface area (Å²) in [5, 5.41) is 3.00. The van der Waals surface area contributed by atoms with E-state index in [4.69, 9.17) is 0 Å². The Labute approximate surface area is 95.4 Å². The van der Waals surface area contributed by atoms with Crippen LogP contribution in [-0.4, -0.2) is 5.91 Å². The SMILES string of the molecule is C=C1CCC2(CC1)C(=O)Nc1ccccc12. The monoisotopic (exact) mass is 213 g/mol. The van der Waals surface area contributed by atoms with Crippen molar-refractivity contribution >= 4 is 11.6 Å². The first kappa shape index (κ1) is 9.64. The standard InChI is InChI=1S/C14H15NO/c1-10-6-8-14(9-7-10)11-4-2-3-5-12(11)15-13(14)16/h2-5H,1,6-9H2,(H,15,16). The van der Waals surface area contributed by atoms with Crippen LogP contribution in [0.1, 0.15) is 31.2 Å². The number of para-hydroxylation sites is 1. The zero-order valence-corrected chi connectivity index (χ0v) is 9.25. The predicted octanol–water partition coefficient (Wildman–Crippen LogP) is 3.01. The van der Waals surface area contributed by atoms with Crippen molar-refractivity contribution in [2.45, 2.75) is 31.1 Å². The van der Waals surface area contributed by atoms with Gasteiger partial charge in [-0.15, -0.1) is 0 Å². The minimum atomic E-state index is -0.266. The molecule has 2 heteroatoms. The minimum Gasteiger partial charge on any atom is -0.325 e. The maximum absolute atomic E-state index is 12.2. The van der Waals surface area contributed by atoms with Gasteiger partial charge in [0.1, 0.15) is 0 Å². The van der Waals surface area contributed by atoms with Crippen LogP contribution in [0.5, 0.6) is 0 Å². The Hall–Kier alpha value is -1.57. The van der Waals surface area contributed by atoms with E-state index in [1.165, 1.54) is 11.1 Å². The van der Waals surface area contributed by atoms with Crippen LogP contribution in [0.3, 0.4) is 0 Å². The number of fused-ring (bicyclic) bond motifs is 2. The second-order valence-electron chi connectivity index (χ2n) is 4.83. The summed E-state index contributed by atoms with van der Waals surface area (Å²) in [4.78, 5) is 12.2. The van der Waals surface area contributed by atoms with Gasteiger partial charge in [-0.2, -0.15) is 0 Å². The Balaban J connectivity index is 2.07. The van der Waals surface area contributed by atoms with Gasteiger partial charge in [0.2, 0.25) is 5.91 Å². The summed E-state index contributed by atoms with van der Waals surface area (Å²) in [6, 6.07) is 8.07. The highest BCUT2D eigenvalue weighted by molar-refractivity contribution is 6.06. The maximum Gasteiger partial charge on any atom is 0.235 e. The summed E-state index contributed by atoms with van der Waals surface area (Å²) < 4.78 is 0. The third-order valence-electron chi connectivity index (χ3n) is 3.94. The number of hydrogen-bond donors (Lipinski definition) is 1. The number of benzene rings is 1. The van der Waals surface area contributed by atoms with E-state index in [9.17, 15) is 4.79 Å². The van der Waals surface area contributed by atoms with Crippen LogP contribution in [0.4, 0.5) is 5.69 Å². The summed E-state index contributed by atoms with van der Waals surface area (Å²) in [5.41, 5.74) is 3.20. The molecule has 0 atom stereocenters. The predicted molar refractivity (Wildman–Crippen MR) is 64.4 cm³/mol. The number of rotatable bonds is 0. The van der Waals surface area contributed by atoms with Crippen molar-refractivity contribution in [3.05, 3.63) is 42.0 Å². The van der Waals surface area contributed by atoms with Crippen molar-refractivity contribution in [1.82, 2.24) is 0 Å². The Morgan fingerprint density at radius 1 is 1.19 bits per heavy atom. The summed E-state index contributed by atoms with van der Waals surface area (Å²) in [5.74, 6) is 0.182. The molecule has 0 unspecified atom stereocenters. The molecule has 3 rings (SSSR count). The van der Waals surface area contributed by atoms with Crippen LogP contribution in [0.25, 0.3) is 0 Å². The molecular weight excluding hydrogens is 198 g/mol. The Morgan fingerprint density at radius 2 is 1.88 bits per heavy atom. The number of anilines is 1. The molecule has 2 nitrogen and oxygen atoms in total. The molecular formula is C14H15NO. The molecule has 1 fully saturated rings. The highest BCUT2D eigenvalue weighted by Gasteiger charge is 2.47. The van der Waals surface area contributed by atoms with Crippen molar-refractivity contribution in [3.8, 4) is 0 Å². The zero-order valence-electron chi connectivity index (χ0n) is 9.25. The fraction of sp³-hybridized carbons (Fsp3) is 0.357. The summed E-state index contributed by atoms with van der Waals surface area (Å²) in [6.45, 7) is 4.02. The van der Waals surface area contributed by atoms with E-state index in [0.717, 1.165) is 31.4 Å². The molecule has 1 spiro atoms.